The van der Waals surface area contributed by atoms with Gasteiger partial charge in [0.05, 0.1) is 16.1 Å². The van der Waals surface area contributed by atoms with Crippen molar-refractivity contribution in [3.8, 4) is 0 Å². The molecule has 0 amide bonds. The van der Waals surface area contributed by atoms with Crippen molar-refractivity contribution in [3.63, 3.8) is 0 Å². The molecule has 0 heterocycles. The fourth-order valence-corrected chi connectivity index (χ4v) is 29.0. The first-order valence-electron chi connectivity index (χ1n) is 12.2. The lowest BCUT2D eigenvalue weighted by atomic mass is 9.88. The van der Waals surface area contributed by atoms with Gasteiger partial charge in [-0.15, -0.1) is 0 Å². The van der Waals surface area contributed by atoms with Gasteiger partial charge in [-0.3, -0.25) is 0 Å². The molecule has 0 saturated heterocycles. The average molecular weight is 411 g/mol. The molecule has 0 aromatic rings. The Hall–Kier alpha value is 0.434. The minimum Gasteiger partial charge on any atom is -0.0651 e. The third-order valence-electron chi connectivity index (χ3n) is 9.67. The Morgan fingerprint density at radius 1 is 0.593 bits per heavy atom. The molecular weight excluding hydrogens is 356 g/mol. The van der Waals surface area contributed by atoms with Gasteiger partial charge in [0.15, 0.2) is 0 Å². The van der Waals surface area contributed by atoms with Gasteiger partial charge in [0.25, 0.3) is 0 Å². The van der Waals surface area contributed by atoms with E-state index in [0.717, 1.165) is 38.8 Å². The van der Waals surface area contributed by atoms with E-state index >= 15 is 0 Å². The first-order chi connectivity index (χ1) is 12.2. The van der Waals surface area contributed by atoms with Crippen LogP contribution in [-0.2, 0) is 0 Å². The highest BCUT2D eigenvalue weighted by atomic mass is 28.3. The van der Waals surface area contributed by atoms with Crippen LogP contribution < -0.4 is 0 Å². The predicted molar refractivity (Wildman–Crippen MR) is 133 cm³/mol. The Morgan fingerprint density at radius 3 is 1.26 bits per heavy atom. The summed E-state index contributed by atoms with van der Waals surface area (Å²) in [4.78, 5) is 0. The molecule has 1 fully saturated rings. The van der Waals surface area contributed by atoms with Gasteiger partial charge in [0.2, 0.25) is 0 Å². The van der Waals surface area contributed by atoms with E-state index in [1.807, 2.05) is 0 Å². The second-order valence-corrected chi connectivity index (χ2v) is 24.7. The van der Waals surface area contributed by atoms with Crippen LogP contribution >= 0.6 is 0 Å². The zero-order chi connectivity index (χ0) is 21.4. The molecule has 27 heavy (non-hydrogen) atoms. The maximum Gasteiger partial charge on any atom is 0.0672 e. The molecule has 1 aliphatic carbocycles. The van der Waals surface area contributed by atoms with Crippen LogP contribution in [0.3, 0.4) is 0 Å². The highest BCUT2D eigenvalue weighted by molar-refractivity contribution is 6.91. The predicted octanol–water partition coefficient (Wildman–Crippen LogP) is 10.0. The minimum atomic E-state index is -1.53. The normalized spacial score (nSPS) is 25.7. The Kier molecular flexibility index (Phi) is 8.55. The third kappa shape index (κ3) is 3.69. The highest BCUT2D eigenvalue weighted by Crippen LogP contribution is 2.72. The van der Waals surface area contributed by atoms with Crippen LogP contribution in [0.5, 0.6) is 0 Å². The first kappa shape index (κ1) is 25.5. The van der Waals surface area contributed by atoms with Gasteiger partial charge in [-0.05, 0) is 10.6 Å². The van der Waals surface area contributed by atoms with Gasteiger partial charge in [-0.25, -0.2) is 0 Å². The standard InChI is InChI=1S/C25H54Si2/c1-18(2)26(19(3)4,20(5)6)24-16-14-15-17-25(24,13)27(21(7)8,22(9)10)23(11)12/h18-24H,14-17H2,1-13H3. The summed E-state index contributed by atoms with van der Waals surface area (Å²) in [5.74, 6) is 0. The summed E-state index contributed by atoms with van der Waals surface area (Å²) < 4.78 is 0. The van der Waals surface area contributed by atoms with Crippen LogP contribution in [0.2, 0.25) is 43.8 Å². The van der Waals surface area contributed by atoms with Gasteiger partial charge >= 0.3 is 0 Å². The van der Waals surface area contributed by atoms with Crippen LogP contribution in [-0.4, -0.2) is 16.1 Å². The molecule has 2 unspecified atom stereocenters. The molecule has 2 atom stereocenters. The van der Waals surface area contributed by atoms with Crippen molar-refractivity contribution < 1.29 is 0 Å². The summed E-state index contributed by atoms with van der Waals surface area (Å²) in [6, 6.07) is 0. The zero-order valence-corrected chi connectivity index (χ0v) is 23.4. The topological polar surface area (TPSA) is 0 Å². The molecule has 2 heteroatoms. The van der Waals surface area contributed by atoms with Gasteiger partial charge in [-0.2, -0.15) is 0 Å². The Balaban J connectivity index is 3.84. The van der Waals surface area contributed by atoms with Gasteiger partial charge in [0, 0.05) is 0 Å². The fourth-order valence-electron chi connectivity index (χ4n) is 9.84. The molecule has 0 N–H and O–H groups in total. The fraction of sp³-hybridized carbons (Fsp3) is 1.00. The van der Waals surface area contributed by atoms with Gasteiger partial charge in [0.1, 0.15) is 0 Å². The van der Waals surface area contributed by atoms with Crippen molar-refractivity contribution in [3.05, 3.63) is 0 Å². The van der Waals surface area contributed by atoms with E-state index in [1.165, 1.54) is 25.7 Å². The van der Waals surface area contributed by atoms with Crippen LogP contribution in [0.1, 0.15) is 116 Å². The molecule has 162 valence electrons. The molecule has 0 aliphatic heterocycles. The molecule has 0 radical (unpaired) electrons. The highest BCUT2D eigenvalue weighted by Gasteiger charge is 2.64. The van der Waals surface area contributed by atoms with Crippen LogP contribution in [0.4, 0.5) is 0 Å². The summed E-state index contributed by atoms with van der Waals surface area (Å²) in [6.45, 7) is 34.1. The van der Waals surface area contributed by atoms with Crippen molar-refractivity contribution in [2.45, 2.75) is 160 Å². The van der Waals surface area contributed by atoms with E-state index in [1.54, 1.807) is 0 Å². The van der Waals surface area contributed by atoms with Crippen molar-refractivity contribution >= 4 is 16.1 Å². The van der Waals surface area contributed by atoms with Gasteiger partial charge < -0.3 is 0 Å². The molecule has 0 aromatic heterocycles. The molecule has 0 bridgehead atoms. The molecule has 1 saturated carbocycles. The van der Waals surface area contributed by atoms with E-state index in [9.17, 15) is 0 Å². The quantitative estimate of drug-likeness (QED) is 0.349. The second kappa shape index (κ2) is 9.06. The van der Waals surface area contributed by atoms with Crippen molar-refractivity contribution in [2.24, 2.45) is 0 Å². The average Bonchev–Trinajstić information content (AvgIpc) is 2.47. The summed E-state index contributed by atoms with van der Waals surface area (Å²) >= 11 is 0. The van der Waals surface area contributed by atoms with Crippen LogP contribution in [0.25, 0.3) is 0 Å². The number of rotatable bonds is 8. The largest absolute Gasteiger partial charge is 0.0672 e. The Bertz CT molecular complexity index is 417. The third-order valence-corrected chi connectivity index (χ3v) is 26.4. The van der Waals surface area contributed by atoms with E-state index in [0.29, 0.717) is 5.04 Å². The van der Waals surface area contributed by atoms with Gasteiger partial charge in [-0.1, -0.05) is 149 Å². The van der Waals surface area contributed by atoms with E-state index in [-0.39, 0.29) is 0 Å². The van der Waals surface area contributed by atoms with E-state index in [2.05, 4.69) is 90.0 Å². The van der Waals surface area contributed by atoms with Crippen LogP contribution in [0.15, 0.2) is 0 Å². The number of hydrogen-bond acceptors (Lipinski definition) is 0. The summed E-state index contributed by atoms with van der Waals surface area (Å²) in [5, 5.41) is 0.604. The Morgan fingerprint density at radius 2 is 0.963 bits per heavy atom. The lowest BCUT2D eigenvalue weighted by Crippen LogP contribution is -2.63. The van der Waals surface area contributed by atoms with Crippen molar-refractivity contribution in [1.82, 2.24) is 0 Å². The minimum absolute atomic E-state index is 0.604. The molecule has 1 aliphatic rings. The van der Waals surface area contributed by atoms with Crippen molar-refractivity contribution in [1.29, 1.82) is 0 Å². The number of hydrogen-bond donors (Lipinski definition) is 0. The summed E-state index contributed by atoms with van der Waals surface area (Å²) in [6.07, 6.45) is 6.00. The SMILES string of the molecule is CC(C)[Si](C(C)C)(C(C)C)C1CCCCC1(C)[Si](C(C)C)(C(C)C)C(C)C. The molecule has 0 spiro atoms. The maximum atomic E-state index is 2.83. The van der Waals surface area contributed by atoms with E-state index < -0.39 is 16.1 Å². The second-order valence-electron chi connectivity index (χ2n) is 12.1. The molecule has 1 rings (SSSR count). The lowest BCUT2D eigenvalue weighted by Gasteiger charge is -2.66. The lowest BCUT2D eigenvalue weighted by molar-refractivity contribution is 0.353. The molecular formula is C25H54Si2. The van der Waals surface area contributed by atoms with Crippen LogP contribution in [0, 0.1) is 0 Å². The van der Waals surface area contributed by atoms with Crippen molar-refractivity contribution in [2.75, 3.05) is 0 Å². The van der Waals surface area contributed by atoms with E-state index in [4.69, 9.17) is 0 Å². The molecule has 0 aromatic carbocycles. The summed E-state index contributed by atoms with van der Waals surface area (Å²) in [7, 11) is -3.00. The molecule has 0 nitrogen and oxygen atoms in total. The zero-order valence-electron chi connectivity index (χ0n) is 21.4. The monoisotopic (exact) mass is 410 g/mol. The first-order valence-corrected chi connectivity index (χ1v) is 16.8. The Labute approximate surface area is 175 Å². The smallest absolute Gasteiger partial charge is 0.0651 e. The summed E-state index contributed by atoms with van der Waals surface area (Å²) in [5.41, 5.74) is 6.30. The maximum absolute atomic E-state index is 2.83.